The lowest BCUT2D eigenvalue weighted by atomic mass is 9.79. The zero-order chi connectivity index (χ0) is 16.8. The van der Waals surface area contributed by atoms with Gasteiger partial charge in [-0.2, -0.15) is 0 Å². The molecule has 0 radical (unpaired) electrons. The van der Waals surface area contributed by atoms with Crippen LogP contribution in [-0.2, 0) is 14.3 Å². The standard InChI is InChI=1S/C18H26N2O4/c1-2-22-12-17(21)20-13-18(14-20)11-15(7-10-24-18)6-9-23-16-5-3-4-8-19-16/h3-5,8,15H,2,6-7,9-14H2,1H3/t15-/m1/s1. The van der Waals surface area contributed by atoms with Gasteiger partial charge in [-0.05, 0) is 38.2 Å². The largest absolute Gasteiger partial charge is 0.478 e. The number of likely N-dealkylation sites (tertiary alicyclic amines) is 1. The first-order chi connectivity index (χ1) is 11.7. The van der Waals surface area contributed by atoms with Gasteiger partial charge in [-0.15, -0.1) is 0 Å². The predicted octanol–water partition coefficient (Wildman–Crippen LogP) is 1.89. The van der Waals surface area contributed by atoms with Gasteiger partial charge in [0.1, 0.15) is 12.2 Å². The number of hydrogen-bond donors (Lipinski definition) is 0. The molecule has 0 bridgehead atoms. The number of carbonyl (C=O) groups excluding carboxylic acids is 1. The van der Waals surface area contributed by atoms with E-state index in [9.17, 15) is 4.79 Å². The third-order valence-corrected chi connectivity index (χ3v) is 4.75. The van der Waals surface area contributed by atoms with Gasteiger partial charge in [0.2, 0.25) is 11.8 Å². The summed E-state index contributed by atoms with van der Waals surface area (Å²) >= 11 is 0. The molecule has 2 saturated heterocycles. The van der Waals surface area contributed by atoms with Gasteiger partial charge in [0.25, 0.3) is 0 Å². The maximum Gasteiger partial charge on any atom is 0.248 e. The molecule has 6 nitrogen and oxygen atoms in total. The van der Waals surface area contributed by atoms with Gasteiger partial charge < -0.3 is 19.1 Å². The molecule has 0 unspecified atom stereocenters. The first-order valence-corrected chi connectivity index (χ1v) is 8.74. The number of aromatic nitrogens is 1. The second kappa shape index (κ2) is 7.94. The predicted molar refractivity (Wildman–Crippen MR) is 88.8 cm³/mol. The van der Waals surface area contributed by atoms with Crippen molar-refractivity contribution < 1.29 is 19.0 Å². The molecule has 2 fully saturated rings. The first-order valence-electron chi connectivity index (χ1n) is 8.74. The molecular formula is C18H26N2O4. The number of ether oxygens (including phenoxy) is 3. The van der Waals surface area contributed by atoms with E-state index in [0.717, 1.165) is 25.9 Å². The molecule has 1 spiro atoms. The van der Waals surface area contributed by atoms with Gasteiger partial charge in [0.15, 0.2) is 0 Å². The van der Waals surface area contributed by atoms with E-state index in [1.807, 2.05) is 30.0 Å². The Hall–Kier alpha value is -1.66. The number of nitrogens with zero attached hydrogens (tertiary/aromatic N) is 2. The Kier molecular flexibility index (Phi) is 5.68. The molecule has 24 heavy (non-hydrogen) atoms. The second-order valence-electron chi connectivity index (χ2n) is 6.58. The van der Waals surface area contributed by atoms with Gasteiger partial charge in [-0.25, -0.2) is 4.98 Å². The fraction of sp³-hybridized carbons (Fsp3) is 0.667. The average Bonchev–Trinajstić information content (AvgIpc) is 2.58. The van der Waals surface area contributed by atoms with Crippen molar-refractivity contribution in [2.24, 2.45) is 5.92 Å². The molecule has 0 aromatic carbocycles. The molecule has 1 aromatic rings. The van der Waals surface area contributed by atoms with E-state index in [1.54, 1.807) is 6.20 Å². The molecule has 1 aromatic heterocycles. The molecule has 0 N–H and O–H groups in total. The Labute approximate surface area is 143 Å². The minimum Gasteiger partial charge on any atom is -0.478 e. The fourth-order valence-corrected chi connectivity index (χ4v) is 3.46. The summed E-state index contributed by atoms with van der Waals surface area (Å²) in [6, 6.07) is 5.68. The highest BCUT2D eigenvalue weighted by Crippen LogP contribution is 2.38. The lowest BCUT2D eigenvalue weighted by molar-refractivity contribution is -0.191. The zero-order valence-corrected chi connectivity index (χ0v) is 14.3. The van der Waals surface area contributed by atoms with Crippen molar-refractivity contribution in [3.8, 4) is 5.88 Å². The molecule has 132 valence electrons. The van der Waals surface area contributed by atoms with Crippen LogP contribution in [0.4, 0.5) is 0 Å². The van der Waals surface area contributed by atoms with E-state index in [1.165, 1.54) is 0 Å². The fourth-order valence-electron chi connectivity index (χ4n) is 3.46. The van der Waals surface area contributed by atoms with Crippen LogP contribution in [0.25, 0.3) is 0 Å². The van der Waals surface area contributed by atoms with E-state index < -0.39 is 0 Å². The highest BCUT2D eigenvalue weighted by molar-refractivity contribution is 5.78. The van der Waals surface area contributed by atoms with Gasteiger partial charge in [-0.1, -0.05) is 6.07 Å². The number of carbonyl (C=O) groups is 1. The van der Waals surface area contributed by atoms with Gasteiger partial charge in [-0.3, -0.25) is 4.79 Å². The zero-order valence-electron chi connectivity index (χ0n) is 14.3. The molecule has 0 aliphatic carbocycles. The summed E-state index contributed by atoms with van der Waals surface area (Å²) in [7, 11) is 0. The second-order valence-corrected chi connectivity index (χ2v) is 6.58. The molecule has 2 aliphatic heterocycles. The van der Waals surface area contributed by atoms with E-state index in [-0.39, 0.29) is 18.1 Å². The summed E-state index contributed by atoms with van der Waals surface area (Å²) in [4.78, 5) is 17.9. The quantitative estimate of drug-likeness (QED) is 0.762. The van der Waals surface area contributed by atoms with E-state index >= 15 is 0 Å². The topological polar surface area (TPSA) is 60.9 Å². The Bertz CT molecular complexity index is 531. The lowest BCUT2D eigenvalue weighted by Gasteiger charge is -2.53. The van der Waals surface area contributed by atoms with Crippen molar-refractivity contribution in [3.05, 3.63) is 24.4 Å². The maximum atomic E-state index is 11.9. The molecular weight excluding hydrogens is 308 g/mol. The Morgan fingerprint density at radius 3 is 3.08 bits per heavy atom. The molecule has 3 rings (SSSR count). The third kappa shape index (κ3) is 4.24. The van der Waals surface area contributed by atoms with Crippen molar-refractivity contribution >= 4 is 5.91 Å². The SMILES string of the molecule is CCOCC(=O)N1CC2(C[C@H](CCOc3ccccn3)CCO2)C1. The van der Waals surface area contributed by atoms with Crippen molar-refractivity contribution in [2.75, 3.05) is 39.5 Å². The van der Waals surface area contributed by atoms with Crippen molar-refractivity contribution in [2.45, 2.75) is 31.8 Å². The number of hydrogen-bond acceptors (Lipinski definition) is 5. The lowest BCUT2D eigenvalue weighted by Crippen LogP contribution is -2.67. The van der Waals surface area contributed by atoms with Crippen LogP contribution in [0.15, 0.2) is 24.4 Å². The van der Waals surface area contributed by atoms with E-state index in [0.29, 0.717) is 38.1 Å². The Morgan fingerprint density at radius 2 is 2.33 bits per heavy atom. The molecule has 6 heteroatoms. The van der Waals surface area contributed by atoms with Crippen molar-refractivity contribution in [1.29, 1.82) is 0 Å². The summed E-state index contributed by atoms with van der Waals surface area (Å²) in [6.07, 6.45) is 4.78. The monoisotopic (exact) mass is 334 g/mol. The smallest absolute Gasteiger partial charge is 0.248 e. The highest BCUT2D eigenvalue weighted by atomic mass is 16.5. The van der Waals surface area contributed by atoms with Crippen LogP contribution in [0.3, 0.4) is 0 Å². The van der Waals surface area contributed by atoms with Crippen LogP contribution in [0.1, 0.15) is 26.2 Å². The van der Waals surface area contributed by atoms with Gasteiger partial charge >= 0.3 is 0 Å². The Morgan fingerprint density at radius 1 is 1.46 bits per heavy atom. The number of pyridine rings is 1. The number of amides is 1. The average molecular weight is 334 g/mol. The normalized spacial score (nSPS) is 22.2. The van der Waals surface area contributed by atoms with Crippen LogP contribution in [0, 0.1) is 5.92 Å². The molecule has 1 amide bonds. The highest BCUT2D eigenvalue weighted by Gasteiger charge is 2.48. The van der Waals surface area contributed by atoms with Crippen molar-refractivity contribution in [1.82, 2.24) is 9.88 Å². The van der Waals surface area contributed by atoms with E-state index in [4.69, 9.17) is 14.2 Å². The summed E-state index contributed by atoms with van der Waals surface area (Å²) in [5.41, 5.74) is -0.143. The molecule has 3 heterocycles. The van der Waals surface area contributed by atoms with Crippen LogP contribution in [0.2, 0.25) is 0 Å². The summed E-state index contributed by atoms with van der Waals surface area (Å²) < 4.78 is 16.9. The summed E-state index contributed by atoms with van der Waals surface area (Å²) in [5, 5.41) is 0. The van der Waals surface area contributed by atoms with Crippen LogP contribution < -0.4 is 4.74 Å². The molecule has 2 aliphatic rings. The minimum absolute atomic E-state index is 0.0617. The van der Waals surface area contributed by atoms with Crippen LogP contribution in [-0.4, -0.2) is 60.9 Å². The molecule has 1 atom stereocenters. The summed E-state index contributed by atoms with van der Waals surface area (Å²) in [6.45, 7) is 5.46. The van der Waals surface area contributed by atoms with Gasteiger partial charge in [0, 0.05) is 25.5 Å². The maximum absolute atomic E-state index is 11.9. The van der Waals surface area contributed by atoms with Crippen LogP contribution in [0.5, 0.6) is 5.88 Å². The Balaban J connectivity index is 1.40. The van der Waals surface area contributed by atoms with Gasteiger partial charge in [0.05, 0.1) is 19.7 Å². The van der Waals surface area contributed by atoms with Crippen LogP contribution >= 0.6 is 0 Å². The van der Waals surface area contributed by atoms with E-state index in [2.05, 4.69) is 4.98 Å². The summed E-state index contributed by atoms with van der Waals surface area (Å²) in [5.74, 6) is 1.31. The molecule has 0 saturated carbocycles. The first kappa shape index (κ1) is 17.2. The van der Waals surface area contributed by atoms with Crippen molar-refractivity contribution in [3.63, 3.8) is 0 Å². The third-order valence-electron chi connectivity index (χ3n) is 4.75. The number of rotatable bonds is 7. The minimum atomic E-state index is -0.143.